The van der Waals surface area contributed by atoms with Gasteiger partial charge in [0.25, 0.3) is 0 Å². The lowest BCUT2D eigenvalue weighted by Gasteiger charge is -2.19. The first-order chi connectivity index (χ1) is 6.77. The normalized spacial score (nSPS) is 23.7. The number of oxime groups is 2. The van der Waals surface area contributed by atoms with Crippen LogP contribution in [0.3, 0.4) is 0 Å². The highest BCUT2D eigenvalue weighted by Crippen LogP contribution is 2.23. The molecule has 4 heteroatoms. The molecule has 0 aromatic carbocycles. The quantitative estimate of drug-likeness (QED) is 0.427. The maximum atomic E-state index is 8.36. The zero-order valence-corrected chi connectivity index (χ0v) is 8.60. The summed E-state index contributed by atoms with van der Waals surface area (Å²) in [7, 11) is 1.56. The highest BCUT2D eigenvalue weighted by Gasteiger charge is 2.16. The fraction of sp³-hybridized carbons (Fsp3) is 0.600. The van der Waals surface area contributed by atoms with Crippen molar-refractivity contribution in [2.24, 2.45) is 16.2 Å². The van der Waals surface area contributed by atoms with Crippen LogP contribution in [0.4, 0.5) is 0 Å². The third-order valence-corrected chi connectivity index (χ3v) is 2.50. The van der Waals surface area contributed by atoms with E-state index in [0.717, 1.165) is 30.5 Å². The molecule has 14 heavy (non-hydrogen) atoms. The van der Waals surface area contributed by atoms with E-state index in [4.69, 9.17) is 10.0 Å². The van der Waals surface area contributed by atoms with Crippen LogP contribution in [0.15, 0.2) is 22.0 Å². The van der Waals surface area contributed by atoms with Crippen LogP contribution in [0.25, 0.3) is 0 Å². The van der Waals surface area contributed by atoms with Gasteiger partial charge in [0.1, 0.15) is 7.11 Å². The molecule has 1 unspecified atom stereocenters. The van der Waals surface area contributed by atoms with Crippen molar-refractivity contribution in [3.8, 4) is 0 Å². The number of nitrogens with zero attached hydrogens (tertiary/aromatic N) is 2. The SMILES string of the molecule is CO/N=C(/C)C1CC=C(/C=N/O)CC1. The Bertz CT molecular complexity index is 269. The van der Waals surface area contributed by atoms with Crippen molar-refractivity contribution in [2.75, 3.05) is 7.11 Å². The van der Waals surface area contributed by atoms with Crippen molar-refractivity contribution >= 4 is 11.9 Å². The lowest BCUT2D eigenvalue weighted by molar-refractivity contribution is 0.210. The molecule has 0 aliphatic heterocycles. The molecule has 0 amide bonds. The van der Waals surface area contributed by atoms with Gasteiger partial charge in [0, 0.05) is 5.92 Å². The monoisotopic (exact) mass is 196 g/mol. The van der Waals surface area contributed by atoms with E-state index >= 15 is 0 Å². The number of rotatable bonds is 3. The van der Waals surface area contributed by atoms with E-state index < -0.39 is 0 Å². The van der Waals surface area contributed by atoms with Crippen LogP contribution in [0.2, 0.25) is 0 Å². The van der Waals surface area contributed by atoms with Crippen molar-refractivity contribution in [1.82, 2.24) is 0 Å². The summed E-state index contributed by atoms with van der Waals surface area (Å²) < 4.78 is 0. The lowest BCUT2D eigenvalue weighted by Crippen LogP contribution is -2.14. The fourth-order valence-corrected chi connectivity index (χ4v) is 1.64. The summed E-state index contributed by atoms with van der Waals surface area (Å²) in [6, 6.07) is 0. The fourth-order valence-electron chi connectivity index (χ4n) is 1.64. The third kappa shape index (κ3) is 2.87. The second-order valence-electron chi connectivity index (χ2n) is 3.41. The summed E-state index contributed by atoms with van der Waals surface area (Å²) in [5.41, 5.74) is 2.12. The second kappa shape index (κ2) is 5.42. The van der Waals surface area contributed by atoms with E-state index in [1.807, 2.05) is 6.92 Å². The Morgan fingerprint density at radius 3 is 3.00 bits per heavy atom. The molecule has 1 aliphatic carbocycles. The maximum absolute atomic E-state index is 8.36. The molecular formula is C10H16N2O2. The molecule has 1 atom stereocenters. The molecule has 1 aliphatic rings. The maximum Gasteiger partial charge on any atom is 0.106 e. The topological polar surface area (TPSA) is 54.2 Å². The largest absolute Gasteiger partial charge is 0.411 e. The summed E-state index contributed by atoms with van der Waals surface area (Å²) in [5, 5.41) is 15.3. The molecule has 0 aromatic heterocycles. The first kappa shape index (κ1) is 10.8. The average Bonchev–Trinajstić information content (AvgIpc) is 2.20. The van der Waals surface area contributed by atoms with Crippen LogP contribution in [0, 0.1) is 5.92 Å². The molecule has 0 radical (unpaired) electrons. The van der Waals surface area contributed by atoms with Crippen molar-refractivity contribution in [2.45, 2.75) is 26.2 Å². The van der Waals surface area contributed by atoms with Crippen LogP contribution < -0.4 is 0 Å². The molecule has 0 fully saturated rings. The van der Waals surface area contributed by atoms with Gasteiger partial charge in [-0.25, -0.2) is 0 Å². The summed E-state index contributed by atoms with van der Waals surface area (Å²) in [5.74, 6) is 0.464. The van der Waals surface area contributed by atoms with E-state index in [9.17, 15) is 0 Å². The molecule has 1 rings (SSSR count). The van der Waals surface area contributed by atoms with Crippen molar-refractivity contribution in [3.05, 3.63) is 11.6 Å². The van der Waals surface area contributed by atoms with Gasteiger partial charge < -0.3 is 10.0 Å². The van der Waals surface area contributed by atoms with E-state index in [2.05, 4.69) is 16.4 Å². The summed E-state index contributed by atoms with van der Waals surface area (Å²) in [4.78, 5) is 4.73. The van der Waals surface area contributed by atoms with Crippen molar-refractivity contribution in [1.29, 1.82) is 0 Å². The minimum atomic E-state index is 0.464. The average molecular weight is 196 g/mol. The van der Waals surface area contributed by atoms with Crippen LogP contribution in [0.5, 0.6) is 0 Å². The Labute approximate surface area is 83.9 Å². The molecule has 78 valence electrons. The summed E-state index contributed by atoms with van der Waals surface area (Å²) in [6.45, 7) is 1.98. The van der Waals surface area contributed by atoms with Gasteiger partial charge in [-0.1, -0.05) is 16.4 Å². The van der Waals surface area contributed by atoms with Crippen LogP contribution in [0.1, 0.15) is 26.2 Å². The van der Waals surface area contributed by atoms with Gasteiger partial charge in [0.15, 0.2) is 0 Å². The highest BCUT2D eigenvalue weighted by molar-refractivity contribution is 5.85. The standard InChI is InChI=1S/C10H16N2O2/c1-8(12-14-2)10-5-3-9(4-6-10)7-11-13/h3,7,10,13H,4-6H2,1-2H3/b11-7+,12-8-. The second-order valence-corrected chi connectivity index (χ2v) is 3.41. The molecule has 4 nitrogen and oxygen atoms in total. The van der Waals surface area contributed by atoms with Gasteiger partial charge in [-0.05, 0) is 31.8 Å². The van der Waals surface area contributed by atoms with Crippen LogP contribution >= 0.6 is 0 Å². The molecular weight excluding hydrogens is 180 g/mol. The van der Waals surface area contributed by atoms with Gasteiger partial charge in [-0.3, -0.25) is 0 Å². The first-order valence-corrected chi connectivity index (χ1v) is 4.72. The number of hydrogen-bond acceptors (Lipinski definition) is 4. The van der Waals surface area contributed by atoms with Gasteiger partial charge in [0.05, 0.1) is 11.9 Å². The van der Waals surface area contributed by atoms with Gasteiger partial charge >= 0.3 is 0 Å². The molecule has 0 bridgehead atoms. The van der Waals surface area contributed by atoms with Gasteiger partial charge in [-0.2, -0.15) is 0 Å². The molecule has 0 aromatic rings. The zero-order chi connectivity index (χ0) is 10.4. The van der Waals surface area contributed by atoms with Crippen molar-refractivity contribution in [3.63, 3.8) is 0 Å². The van der Waals surface area contributed by atoms with E-state index in [0.29, 0.717) is 5.92 Å². The van der Waals surface area contributed by atoms with Crippen LogP contribution in [-0.4, -0.2) is 24.2 Å². The predicted octanol–water partition coefficient (Wildman–Crippen LogP) is 2.20. The molecule has 0 heterocycles. The minimum Gasteiger partial charge on any atom is -0.411 e. The Kier molecular flexibility index (Phi) is 4.16. The summed E-state index contributed by atoms with van der Waals surface area (Å²) in [6.07, 6.45) is 6.50. The molecule has 0 saturated carbocycles. The third-order valence-electron chi connectivity index (χ3n) is 2.50. The Balaban J connectivity index is 2.54. The Morgan fingerprint density at radius 1 is 1.71 bits per heavy atom. The van der Waals surface area contributed by atoms with Crippen LogP contribution in [-0.2, 0) is 4.84 Å². The van der Waals surface area contributed by atoms with Gasteiger partial charge in [0.2, 0.25) is 0 Å². The Morgan fingerprint density at radius 2 is 2.50 bits per heavy atom. The Hall–Kier alpha value is -1.32. The van der Waals surface area contributed by atoms with E-state index in [-0.39, 0.29) is 0 Å². The van der Waals surface area contributed by atoms with E-state index in [1.165, 1.54) is 6.21 Å². The number of allylic oxidation sites excluding steroid dienone is 2. The smallest absolute Gasteiger partial charge is 0.106 e. The van der Waals surface area contributed by atoms with Gasteiger partial charge in [-0.15, -0.1) is 0 Å². The molecule has 0 saturated heterocycles. The predicted molar refractivity (Wildman–Crippen MR) is 55.8 cm³/mol. The van der Waals surface area contributed by atoms with E-state index in [1.54, 1.807) is 7.11 Å². The summed E-state index contributed by atoms with van der Waals surface area (Å²) >= 11 is 0. The minimum absolute atomic E-state index is 0.464. The lowest BCUT2D eigenvalue weighted by atomic mass is 9.87. The zero-order valence-electron chi connectivity index (χ0n) is 8.60. The molecule has 1 N–H and O–H groups in total. The number of hydrogen-bond donors (Lipinski definition) is 1. The van der Waals surface area contributed by atoms with Crippen molar-refractivity contribution < 1.29 is 10.0 Å². The first-order valence-electron chi connectivity index (χ1n) is 4.72. The highest BCUT2D eigenvalue weighted by atomic mass is 16.6. The molecule has 0 spiro atoms.